The Labute approximate surface area is 382 Å². The van der Waals surface area contributed by atoms with Crippen LogP contribution in [0.25, 0.3) is 55.6 Å². The lowest BCUT2D eigenvalue weighted by Crippen LogP contribution is -2.28. The minimum Gasteiger partial charge on any atom is -0.310 e. The summed E-state index contributed by atoms with van der Waals surface area (Å²) >= 11 is 0. The molecule has 10 aromatic carbocycles. The first-order valence-electron chi connectivity index (χ1n) is 22.8. The smallest absolute Gasteiger partial charge is 0.0714 e. The Morgan fingerprint density at radius 2 is 0.708 bits per heavy atom. The van der Waals surface area contributed by atoms with Crippen molar-refractivity contribution in [1.82, 2.24) is 0 Å². The van der Waals surface area contributed by atoms with Gasteiger partial charge in [0.1, 0.15) is 0 Å². The largest absolute Gasteiger partial charge is 0.310 e. The minimum absolute atomic E-state index is 0.166. The van der Waals surface area contributed by atoms with Crippen molar-refractivity contribution in [2.75, 3.05) is 4.90 Å². The lowest BCUT2D eigenvalue weighted by molar-refractivity contribution is 0.660. The van der Waals surface area contributed by atoms with Crippen LogP contribution in [0.1, 0.15) is 47.2 Å². The van der Waals surface area contributed by atoms with Crippen molar-refractivity contribution in [3.8, 4) is 55.6 Å². The first-order chi connectivity index (χ1) is 32.0. The predicted octanol–water partition coefficient (Wildman–Crippen LogP) is 16.8. The van der Waals surface area contributed by atoms with Crippen LogP contribution in [0.2, 0.25) is 0 Å². The zero-order valence-corrected chi connectivity index (χ0v) is 36.6. The van der Waals surface area contributed by atoms with Crippen LogP contribution < -0.4 is 4.90 Å². The molecule has 0 aromatic heterocycles. The van der Waals surface area contributed by atoms with Gasteiger partial charge in [-0.25, -0.2) is 0 Å². The van der Waals surface area contributed by atoms with E-state index < -0.39 is 5.41 Å². The molecular formula is C64H47N. The Morgan fingerprint density at radius 3 is 1.29 bits per heavy atom. The van der Waals surface area contributed by atoms with Crippen LogP contribution in [0.5, 0.6) is 0 Å². The van der Waals surface area contributed by atoms with Crippen LogP contribution in [0.3, 0.4) is 0 Å². The van der Waals surface area contributed by atoms with E-state index in [1.165, 1.54) is 89.0 Å². The Balaban J connectivity index is 1.11. The summed E-state index contributed by atoms with van der Waals surface area (Å²) in [6.45, 7) is 4.75. The third-order valence-corrected chi connectivity index (χ3v) is 14.2. The van der Waals surface area contributed by atoms with Gasteiger partial charge in [-0.3, -0.25) is 0 Å². The standard InChI is InChI=1S/C64H47N/c1-63(2)58-29-17-15-27-53(58)55-40-39-52(41-60(55)63)65(51-37-35-47(36-38-51)46-33-31-45(32-34-46)44-19-7-3-8-20-44)62-43-61-57(42-56(62)48-21-9-4-10-22-48)54-28-16-18-30-59(54)64(61,49-23-11-5-12-24-49)50-25-13-6-14-26-50/h3-43H,1-2H3. The van der Waals surface area contributed by atoms with E-state index in [1.54, 1.807) is 0 Å². The van der Waals surface area contributed by atoms with Gasteiger partial charge < -0.3 is 4.90 Å². The van der Waals surface area contributed by atoms with Gasteiger partial charge >= 0.3 is 0 Å². The molecule has 0 radical (unpaired) electrons. The maximum absolute atomic E-state index is 2.53. The van der Waals surface area contributed by atoms with Gasteiger partial charge in [0.2, 0.25) is 0 Å². The summed E-state index contributed by atoms with van der Waals surface area (Å²) in [6, 6.07) is 92.1. The van der Waals surface area contributed by atoms with E-state index in [9.17, 15) is 0 Å². The van der Waals surface area contributed by atoms with Crippen LogP contribution in [0, 0.1) is 0 Å². The second-order valence-electron chi connectivity index (χ2n) is 18.0. The van der Waals surface area contributed by atoms with Crippen LogP contribution in [-0.4, -0.2) is 0 Å². The van der Waals surface area contributed by atoms with Gasteiger partial charge in [-0.1, -0.05) is 226 Å². The SMILES string of the molecule is CC1(C)c2ccccc2-c2ccc(N(c3ccc(-c4ccc(-c5ccccc5)cc4)cc3)c3cc4c(cc3-c3ccccc3)-c3ccccc3C4(c3ccccc3)c3ccccc3)cc21. The van der Waals surface area contributed by atoms with E-state index in [2.05, 4.69) is 267 Å². The zero-order valence-electron chi connectivity index (χ0n) is 36.6. The fraction of sp³-hybridized carbons (Fsp3) is 0.0625. The first-order valence-corrected chi connectivity index (χ1v) is 22.8. The Bertz CT molecular complexity index is 3310. The molecule has 0 aliphatic heterocycles. The van der Waals surface area contributed by atoms with Crippen molar-refractivity contribution >= 4 is 17.1 Å². The van der Waals surface area contributed by atoms with Crippen LogP contribution in [0.15, 0.2) is 249 Å². The molecule has 0 unspecified atom stereocenters. The normalized spacial score (nSPS) is 13.6. The van der Waals surface area contributed by atoms with Crippen molar-refractivity contribution in [2.24, 2.45) is 0 Å². The van der Waals surface area contributed by atoms with Gasteiger partial charge in [-0.15, -0.1) is 0 Å². The molecule has 0 spiro atoms. The van der Waals surface area contributed by atoms with Gasteiger partial charge in [-0.2, -0.15) is 0 Å². The molecular weight excluding hydrogens is 783 g/mol. The highest BCUT2D eigenvalue weighted by atomic mass is 15.1. The molecule has 0 N–H and O–H groups in total. The summed E-state index contributed by atoms with van der Waals surface area (Å²) < 4.78 is 0. The number of benzene rings is 10. The topological polar surface area (TPSA) is 3.24 Å². The average molecular weight is 830 g/mol. The maximum Gasteiger partial charge on any atom is 0.0714 e. The van der Waals surface area contributed by atoms with Gasteiger partial charge in [-0.05, 0) is 120 Å². The molecule has 308 valence electrons. The van der Waals surface area contributed by atoms with Crippen molar-refractivity contribution < 1.29 is 0 Å². The van der Waals surface area contributed by atoms with Gasteiger partial charge in [0.25, 0.3) is 0 Å². The van der Waals surface area contributed by atoms with Gasteiger partial charge in [0.15, 0.2) is 0 Å². The molecule has 0 amide bonds. The van der Waals surface area contributed by atoms with E-state index in [1.807, 2.05) is 0 Å². The number of fused-ring (bicyclic) bond motifs is 6. The third-order valence-electron chi connectivity index (χ3n) is 14.2. The second kappa shape index (κ2) is 15.4. The Kier molecular flexibility index (Phi) is 9.14. The second-order valence-corrected chi connectivity index (χ2v) is 18.0. The molecule has 0 bridgehead atoms. The summed E-state index contributed by atoms with van der Waals surface area (Å²) in [5.41, 5.74) is 22.8. The summed E-state index contributed by atoms with van der Waals surface area (Å²) in [6.07, 6.45) is 0. The minimum atomic E-state index is -0.554. The van der Waals surface area contributed by atoms with E-state index in [4.69, 9.17) is 0 Å². The number of anilines is 3. The highest BCUT2D eigenvalue weighted by Gasteiger charge is 2.47. The molecule has 1 heteroatoms. The maximum atomic E-state index is 2.53. The molecule has 10 aromatic rings. The Morgan fingerprint density at radius 1 is 0.277 bits per heavy atom. The van der Waals surface area contributed by atoms with Crippen molar-refractivity contribution in [3.63, 3.8) is 0 Å². The van der Waals surface area contributed by atoms with Crippen LogP contribution in [-0.2, 0) is 10.8 Å². The Hall–Kier alpha value is -8.00. The van der Waals surface area contributed by atoms with E-state index in [0.717, 1.165) is 17.1 Å². The lowest BCUT2D eigenvalue weighted by Gasteiger charge is -2.35. The monoisotopic (exact) mass is 829 g/mol. The molecule has 2 aliphatic rings. The van der Waals surface area contributed by atoms with Crippen LogP contribution >= 0.6 is 0 Å². The summed E-state index contributed by atoms with van der Waals surface area (Å²) in [7, 11) is 0. The fourth-order valence-corrected chi connectivity index (χ4v) is 11.1. The summed E-state index contributed by atoms with van der Waals surface area (Å²) in [4.78, 5) is 2.52. The first kappa shape index (κ1) is 38.7. The van der Waals surface area contributed by atoms with E-state index in [-0.39, 0.29) is 5.41 Å². The number of nitrogens with zero attached hydrogens (tertiary/aromatic N) is 1. The highest BCUT2D eigenvalue weighted by Crippen LogP contribution is 2.59. The van der Waals surface area contributed by atoms with Crippen molar-refractivity contribution in [2.45, 2.75) is 24.7 Å². The average Bonchev–Trinajstić information content (AvgIpc) is 3.80. The number of rotatable bonds is 8. The van der Waals surface area contributed by atoms with Gasteiger partial charge in [0.05, 0.1) is 11.1 Å². The van der Waals surface area contributed by atoms with Gasteiger partial charge in [0, 0.05) is 22.4 Å². The third kappa shape index (κ3) is 6.15. The summed E-state index contributed by atoms with van der Waals surface area (Å²) in [5.74, 6) is 0. The molecule has 0 saturated heterocycles. The van der Waals surface area contributed by atoms with Crippen molar-refractivity contribution in [3.05, 3.63) is 282 Å². The van der Waals surface area contributed by atoms with E-state index in [0.29, 0.717) is 0 Å². The highest BCUT2D eigenvalue weighted by molar-refractivity contribution is 5.97. The quantitative estimate of drug-likeness (QED) is 0.147. The zero-order chi connectivity index (χ0) is 43.5. The summed E-state index contributed by atoms with van der Waals surface area (Å²) in [5, 5.41) is 0. The number of hydrogen-bond acceptors (Lipinski definition) is 1. The molecule has 0 saturated carbocycles. The molecule has 0 atom stereocenters. The fourth-order valence-electron chi connectivity index (χ4n) is 11.1. The lowest BCUT2D eigenvalue weighted by atomic mass is 9.67. The van der Waals surface area contributed by atoms with Crippen LogP contribution in [0.4, 0.5) is 17.1 Å². The van der Waals surface area contributed by atoms with E-state index >= 15 is 0 Å². The number of hydrogen-bond donors (Lipinski definition) is 0. The molecule has 12 rings (SSSR count). The molecule has 0 fully saturated rings. The molecule has 2 aliphatic carbocycles. The molecule has 0 heterocycles. The molecule has 1 nitrogen and oxygen atoms in total. The molecule has 65 heavy (non-hydrogen) atoms. The van der Waals surface area contributed by atoms with Crippen molar-refractivity contribution in [1.29, 1.82) is 0 Å². The predicted molar refractivity (Wildman–Crippen MR) is 272 cm³/mol.